The molecule has 1 saturated heterocycles. The zero-order valence-corrected chi connectivity index (χ0v) is 22.3. The fourth-order valence-corrected chi connectivity index (χ4v) is 9.53. The molecule has 178 valence electrons. The number of thiocarbonyl (C=S) groups is 1. The van der Waals surface area contributed by atoms with Crippen LogP contribution in [0.15, 0.2) is 60.7 Å². The monoisotopic (exact) mass is 484 g/mol. The number of benzene rings is 2. The predicted molar refractivity (Wildman–Crippen MR) is 141 cm³/mol. The topological polar surface area (TPSA) is 64.8 Å². The Hall–Kier alpha value is -2.22. The SMILES string of the molecule is CC(C)(C)OC(=O)N1C[C@@H](O[Si](c2ccccc2)(c2ccccc2)C(C)(C)C)C[C@H]1C(N)=S. The van der Waals surface area contributed by atoms with E-state index in [0.29, 0.717) is 13.0 Å². The smallest absolute Gasteiger partial charge is 0.410 e. The molecule has 1 amide bonds. The van der Waals surface area contributed by atoms with Crippen molar-refractivity contribution in [1.29, 1.82) is 0 Å². The Labute approximate surface area is 204 Å². The highest BCUT2D eigenvalue weighted by atomic mass is 32.1. The van der Waals surface area contributed by atoms with Crippen molar-refractivity contribution in [1.82, 2.24) is 4.90 Å². The molecule has 0 bridgehead atoms. The van der Waals surface area contributed by atoms with Crippen molar-refractivity contribution >= 4 is 42.0 Å². The number of ether oxygens (including phenoxy) is 1. The summed E-state index contributed by atoms with van der Waals surface area (Å²) in [5.41, 5.74) is 5.46. The fraction of sp³-hybridized carbons (Fsp3) is 0.462. The maximum absolute atomic E-state index is 13.0. The lowest BCUT2D eigenvalue weighted by Gasteiger charge is -2.44. The van der Waals surface area contributed by atoms with Gasteiger partial charge in [0.1, 0.15) is 5.60 Å². The molecule has 7 heteroatoms. The lowest BCUT2D eigenvalue weighted by Crippen LogP contribution is -2.67. The molecule has 1 aliphatic heterocycles. The maximum atomic E-state index is 13.0. The Kier molecular flexibility index (Phi) is 7.36. The van der Waals surface area contributed by atoms with Crippen molar-refractivity contribution in [3.05, 3.63) is 60.7 Å². The van der Waals surface area contributed by atoms with Crippen LogP contribution in [0.3, 0.4) is 0 Å². The Morgan fingerprint density at radius 3 is 1.85 bits per heavy atom. The van der Waals surface area contributed by atoms with Gasteiger partial charge in [0.25, 0.3) is 8.32 Å². The van der Waals surface area contributed by atoms with Crippen molar-refractivity contribution in [2.45, 2.75) is 70.7 Å². The van der Waals surface area contributed by atoms with Crippen molar-refractivity contribution in [3.8, 4) is 0 Å². The second-order valence-corrected chi connectivity index (χ2v) is 15.4. The van der Waals surface area contributed by atoms with Gasteiger partial charge >= 0.3 is 6.09 Å². The van der Waals surface area contributed by atoms with Gasteiger partial charge in [0.15, 0.2) is 0 Å². The quantitative estimate of drug-likeness (QED) is 0.508. The maximum Gasteiger partial charge on any atom is 0.410 e. The molecule has 0 saturated carbocycles. The molecule has 0 aromatic heterocycles. The van der Waals surface area contributed by atoms with Gasteiger partial charge in [-0.1, -0.05) is 93.7 Å². The summed E-state index contributed by atoms with van der Waals surface area (Å²) in [4.78, 5) is 14.9. The Balaban J connectivity index is 2.03. The van der Waals surface area contributed by atoms with Crippen LogP contribution in [0, 0.1) is 0 Å². The van der Waals surface area contributed by atoms with Crippen LogP contribution in [-0.2, 0) is 9.16 Å². The molecule has 0 unspecified atom stereocenters. The molecule has 2 atom stereocenters. The Morgan fingerprint density at radius 1 is 0.970 bits per heavy atom. The van der Waals surface area contributed by atoms with Gasteiger partial charge in [-0.3, -0.25) is 4.90 Å². The standard InChI is InChI=1S/C26H36N2O3SSi/c1-25(2,3)30-24(29)28-18-19(17-22(28)23(27)32)31-33(26(4,5)6,20-13-9-7-10-14-20)21-15-11-8-12-16-21/h7-16,19,22H,17-18H2,1-6H3,(H2,27,32)/t19-,22-/m0/s1. The number of likely N-dealkylation sites (tertiary alicyclic amines) is 1. The van der Waals surface area contributed by atoms with Crippen molar-refractivity contribution in [3.63, 3.8) is 0 Å². The van der Waals surface area contributed by atoms with Gasteiger partial charge in [-0.2, -0.15) is 0 Å². The van der Waals surface area contributed by atoms with E-state index in [9.17, 15) is 4.79 Å². The summed E-state index contributed by atoms with van der Waals surface area (Å²) < 4.78 is 12.8. The molecule has 3 rings (SSSR count). The van der Waals surface area contributed by atoms with E-state index in [0.717, 1.165) is 0 Å². The molecule has 2 aromatic carbocycles. The minimum absolute atomic E-state index is 0.159. The third kappa shape index (κ3) is 5.48. The highest BCUT2D eigenvalue weighted by Gasteiger charge is 2.53. The molecule has 33 heavy (non-hydrogen) atoms. The number of carbonyl (C=O) groups is 1. The first-order valence-electron chi connectivity index (χ1n) is 11.4. The number of rotatable bonds is 5. The zero-order chi connectivity index (χ0) is 24.4. The van der Waals surface area contributed by atoms with Crippen molar-refractivity contribution < 1.29 is 14.0 Å². The first-order valence-corrected chi connectivity index (χ1v) is 13.7. The van der Waals surface area contributed by atoms with Gasteiger partial charge in [-0.25, -0.2) is 4.79 Å². The summed E-state index contributed by atoms with van der Waals surface area (Å²) in [6.45, 7) is 12.7. The number of nitrogens with zero attached hydrogens (tertiary/aromatic N) is 1. The van der Waals surface area contributed by atoms with E-state index in [4.69, 9.17) is 27.1 Å². The van der Waals surface area contributed by atoms with Crippen molar-refractivity contribution in [2.75, 3.05) is 6.54 Å². The summed E-state index contributed by atoms with van der Waals surface area (Å²) in [5.74, 6) is 0. The van der Waals surface area contributed by atoms with E-state index in [1.54, 1.807) is 4.90 Å². The average molecular weight is 485 g/mol. The summed E-state index contributed by atoms with van der Waals surface area (Å²) in [5, 5.41) is 2.24. The van der Waals surface area contributed by atoms with Crippen molar-refractivity contribution in [2.24, 2.45) is 5.73 Å². The van der Waals surface area contributed by atoms with Gasteiger partial charge < -0.3 is 14.9 Å². The Morgan fingerprint density at radius 2 is 1.45 bits per heavy atom. The largest absolute Gasteiger partial charge is 0.444 e. The van der Waals surface area contributed by atoms with E-state index >= 15 is 0 Å². The van der Waals surface area contributed by atoms with Gasteiger partial charge in [0.2, 0.25) is 0 Å². The number of nitrogens with two attached hydrogens (primary N) is 1. The summed E-state index contributed by atoms with van der Waals surface area (Å²) in [6, 6.07) is 20.6. The second-order valence-electron chi connectivity index (χ2n) is 10.7. The second kappa shape index (κ2) is 9.56. The number of carbonyl (C=O) groups excluding carboxylic acids is 1. The van der Waals surface area contributed by atoms with E-state index in [2.05, 4.69) is 69.3 Å². The molecule has 2 N–H and O–H groups in total. The lowest BCUT2D eigenvalue weighted by atomic mass is 10.2. The molecular formula is C26H36N2O3SSi. The zero-order valence-electron chi connectivity index (χ0n) is 20.5. The summed E-state index contributed by atoms with van der Waals surface area (Å²) >= 11 is 5.33. The molecule has 0 aliphatic carbocycles. The highest BCUT2D eigenvalue weighted by Crippen LogP contribution is 2.39. The highest BCUT2D eigenvalue weighted by molar-refractivity contribution is 7.80. The normalized spacial score (nSPS) is 19.4. The number of amides is 1. The van der Waals surface area contributed by atoms with E-state index in [1.807, 2.05) is 32.9 Å². The van der Waals surface area contributed by atoms with Crippen LogP contribution in [0.4, 0.5) is 4.79 Å². The lowest BCUT2D eigenvalue weighted by molar-refractivity contribution is 0.0248. The predicted octanol–water partition coefficient (Wildman–Crippen LogP) is 4.23. The molecule has 0 spiro atoms. The third-order valence-corrected chi connectivity index (χ3v) is 11.3. The van der Waals surface area contributed by atoms with E-state index < -0.39 is 26.1 Å². The van der Waals surface area contributed by atoms with Crippen LogP contribution in [0.1, 0.15) is 48.0 Å². The Bertz CT molecular complexity index is 931. The fourth-order valence-electron chi connectivity index (χ4n) is 4.62. The van der Waals surface area contributed by atoms with Gasteiger partial charge in [-0.05, 0) is 36.2 Å². The molecular weight excluding hydrogens is 448 g/mol. The minimum Gasteiger partial charge on any atom is -0.444 e. The van der Waals surface area contributed by atoms with Gasteiger partial charge in [0.05, 0.1) is 17.1 Å². The third-order valence-electron chi connectivity index (χ3n) is 5.98. The summed E-state index contributed by atoms with van der Waals surface area (Å²) in [6.07, 6.45) is -0.0665. The van der Waals surface area contributed by atoms with Gasteiger partial charge in [-0.15, -0.1) is 0 Å². The van der Waals surface area contributed by atoms with Crippen LogP contribution < -0.4 is 16.1 Å². The van der Waals surface area contributed by atoms with Gasteiger partial charge in [0, 0.05) is 13.0 Å². The number of hydrogen-bond acceptors (Lipinski definition) is 4. The number of hydrogen-bond donors (Lipinski definition) is 1. The van der Waals surface area contributed by atoms with Crippen LogP contribution in [0.5, 0.6) is 0 Å². The van der Waals surface area contributed by atoms with E-state index in [1.165, 1.54) is 10.4 Å². The average Bonchev–Trinajstić information content (AvgIpc) is 3.16. The molecule has 5 nitrogen and oxygen atoms in total. The van der Waals surface area contributed by atoms with Crippen LogP contribution in [0.25, 0.3) is 0 Å². The first-order chi connectivity index (χ1) is 15.3. The molecule has 1 heterocycles. The summed E-state index contributed by atoms with van der Waals surface area (Å²) in [7, 11) is -2.75. The molecule has 0 radical (unpaired) electrons. The minimum atomic E-state index is -2.75. The first kappa shape index (κ1) is 25.4. The van der Waals surface area contributed by atoms with E-state index in [-0.39, 0.29) is 16.1 Å². The van der Waals surface area contributed by atoms with Crippen LogP contribution in [-0.4, -0.2) is 48.6 Å². The molecule has 2 aromatic rings. The van der Waals surface area contributed by atoms with Crippen LogP contribution in [0.2, 0.25) is 5.04 Å². The van der Waals surface area contributed by atoms with Crippen LogP contribution >= 0.6 is 12.2 Å². The molecule has 1 aliphatic rings. The molecule has 1 fully saturated rings.